The van der Waals surface area contributed by atoms with Crippen LogP contribution in [0.4, 0.5) is 0 Å². The molecule has 0 spiro atoms. The van der Waals surface area contributed by atoms with Crippen molar-refractivity contribution in [1.29, 1.82) is 0 Å². The third-order valence-electron chi connectivity index (χ3n) is 3.65. The minimum absolute atomic E-state index is 1.01. The Labute approximate surface area is 76.1 Å². The molecule has 68 valence electrons. The van der Waals surface area contributed by atoms with E-state index >= 15 is 0 Å². The van der Waals surface area contributed by atoms with Crippen LogP contribution in [0.25, 0.3) is 0 Å². The van der Waals surface area contributed by atoms with Gasteiger partial charge in [0, 0.05) is 0 Å². The molecule has 0 N–H and O–H groups in total. The van der Waals surface area contributed by atoms with Gasteiger partial charge in [-0.1, -0.05) is 18.6 Å². The quantitative estimate of drug-likeness (QED) is 0.478. The van der Waals surface area contributed by atoms with Gasteiger partial charge in [0.2, 0.25) is 0 Å². The maximum Gasteiger partial charge on any atom is -0.0292 e. The zero-order chi connectivity index (χ0) is 8.55. The van der Waals surface area contributed by atoms with Crippen molar-refractivity contribution in [3.63, 3.8) is 0 Å². The highest BCUT2D eigenvalue weighted by Crippen LogP contribution is 2.44. The Balaban J connectivity index is 2.05. The normalized spacial score (nSPS) is 41.2. The maximum absolute atomic E-state index is 2.43. The number of allylic oxidation sites excluding steroid dienone is 2. The van der Waals surface area contributed by atoms with Gasteiger partial charge in [-0.25, -0.2) is 0 Å². The predicted molar refractivity (Wildman–Crippen MR) is 53.0 cm³/mol. The zero-order valence-electron chi connectivity index (χ0n) is 8.34. The fraction of sp³-hybridized carbons (Fsp3) is 0.833. The molecule has 0 aromatic rings. The summed E-state index contributed by atoms with van der Waals surface area (Å²) in [4.78, 5) is 0. The van der Waals surface area contributed by atoms with E-state index in [-0.39, 0.29) is 0 Å². The van der Waals surface area contributed by atoms with Crippen LogP contribution in [-0.4, -0.2) is 0 Å². The van der Waals surface area contributed by atoms with Gasteiger partial charge < -0.3 is 0 Å². The van der Waals surface area contributed by atoms with Crippen LogP contribution in [0.2, 0.25) is 0 Å². The zero-order valence-corrected chi connectivity index (χ0v) is 8.34. The molecule has 2 atom stereocenters. The van der Waals surface area contributed by atoms with E-state index in [0.717, 1.165) is 17.8 Å². The molecule has 2 saturated carbocycles. The first-order valence-electron chi connectivity index (χ1n) is 5.42. The summed E-state index contributed by atoms with van der Waals surface area (Å²) < 4.78 is 0. The molecule has 12 heavy (non-hydrogen) atoms. The highest BCUT2D eigenvalue weighted by atomic mass is 14.4. The van der Waals surface area contributed by atoms with Crippen molar-refractivity contribution in [2.24, 2.45) is 17.8 Å². The molecule has 0 radical (unpaired) electrons. The lowest BCUT2D eigenvalue weighted by Gasteiger charge is -2.39. The van der Waals surface area contributed by atoms with Crippen molar-refractivity contribution in [2.75, 3.05) is 0 Å². The molecule has 2 bridgehead atoms. The van der Waals surface area contributed by atoms with Crippen molar-refractivity contribution in [3.8, 4) is 0 Å². The first-order chi connectivity index (χ1) is 5.78. The molecule has 0 saturated heterocycles. The summed E-state index contributed by atoms with van der Waals surface area (Å²) in [5.41, 5.74) is 1.74. The van der Waals surface area contributed by atoms with Gasteiger partial charge in [0.05, 0.1) is 0 Å². The van der Waals surface area contributed by atoms with Gasteiger partial charge >= 0.3 is 0 Å². The molecule has 2 fully saturated rings. The van der Waals surface area contributed by atoms with E-state index in [0.29, 0.717) is 0 Å². The largest absolute Gasteiger partial charge is 0.0884 e. The lowest BCUT2D eigenvalue weighted by molar-refractivity contribution is 0.176. The number of fused-ring (bicyclic) bond motifs is 2. The minimum atomic E-state index is 1.01. The number of rotatable bonds is 0. The molecule has 0 aliphatic heterocycles. The Kier molecular flexibility index (Phi) is 2.25. The van der Waals surface area contributed by atoms with Crippen LogP contribution in [0.5, 0.6) is 0 Å². The molecule has 0 heterocycles. The molecule has 0 aromatic heterocycles. The van der Waals surface area contributed by atoms with Crippen LogP contribution >= 0.6 is 0 Å². The van der Waals surface area contributed by atoms with Crippen LogP contribution in [0.15, 0.2) is 11.6 Å². The Morgan fingerprint density at radius 3 is 2.17 bits per heavy atom. The van der Waals surface area contributed by atoms with Gasteiger partial charge in [-0.2, -0.15) is 0 Å². The molecule has 2 unspecified atom stereocenters. The minimum Gasteiger partial charge on any atom is -0.0884 e. The predicted octanol–water partition coefficient (Wildman–Crippen LogP) is 3.78. The van der Waals surface area contributed by atoms with E-state index in [2.05, 4.69) is 19.9 Å². The first kappa shape index (κ1) is 8.34. The standard InChI is InChI=1S/C12H20/c1-3-10-6-11-4-9(2)5-12(7-10)8-11/h3,9,11-12H,4-8H2,1-2H3. The molecule has 2 rings (SSSR count). The second kappa shape index (κ2) is 3.24. The Hall–Kier alpha value is -0.260. The van der Waals surface area contributed by atoms with E-state index in [1.165, 1.54) is 32.1 Å². The molecular formula is C12H20. The second-order valence-corrected chi connectivity index (χ2v) is 4.90. The Bertz CT molecular complexity index is 170. The van der Waals surface area contributed by atoms with Crippen molar-refractivity contribution >= 4 is 0 Å². The highest BCUT2D eigenvalue weighted by Gasteiger charge is 2.31. The summed E-state index contributed by atoms with van der Waals surface area (Å²) in [6, 6.07) is 0. The van der Waals surface area contributed by atoms with Crippen molar-refractivity contribution in [2.45, 2.75) is 46.0 Å². The summed E-state index contributed by atoms with van der Waals surface area (Å²) in [7, 11) is 0. The van der Waals surface area contributed by atoms with Gasteiger partial charge in [-0.15, -0.1) is 0 Å². The Morgan fingerprint density at radius 1 is 1.08 bits per heavy atom. The smallest absolute Gasteiger partial charge is 0.0292 e. The summed E-state index contributed by atoms with van der Waals surface area (Å²) in [5, 5.41) is 0. The van der Waals surface area contributed by atoms with E-state index < -0.39 is 0 Å². The van der Waals surface area contributed by atoms with E-state index in [1.54, 1.807) is 5.57 Å². The van der Waals surface area contributed by atoms with Crippen molar-refractivity contribution in [1.82, 2.24) is 0 Å². The number of hydrogen-bond acceptors (Lipinski definition) is 0. The van der Waals surface area contributed by atoms with Crippen molar-refractivity contribution in [3.05, 3.63) is 11.6 Å². The molecule has 0 aromatic carbocycles. The van der Waals surface area contributed by atoms with Crippen LogP contribution in [0.3, 0.4) is 0 Å². The van der Waals surface area contributed by atoms with Gasteiger partial charge in [0.1, 0.15) is 0 Å². The molecule has 0 amide bonds. The van der Waals surface area contributed by atoms with Gasteiger partial charge in [0.25, 0.3) is 0 Å². The third kappa shape index (κ3) is 1.57. The fourth-order valence-corrected chi connectivity index (χ4v) is 3.29. The third-order valence-corrected chi connectivity index (χ3v) is 3.65. The fourth-order valence-electron chi connectivity index (χ4n) is 3.29. The summed E-state index contributed by atoms with van der Waals surface area (Å²) >= 11 is 0. The summed E-state index contributed by atoms with van der Waals surface area (Å²) in [5.74, 6) is 3.09. The van der Waals surface area contributed by atoms with Crippen molar-refractivity contribution < 1.29 is 0 Å². The van der Waals surface area contributed by atoms with Crippen LogP contribution < -0.4 is 0 Å². The summed E-state index contributed by atoms with van der Waals surface area (Å²) in [6.45, 7) is 4.64. The first-order valence-corrected chi connectivity index (χ1v) is 5.42. The van der Waals surface area contributed by atoms with E-state index in [4.69, 9.17) is 0 Å². The average Bonchev–Trinajstić information content (AvgIpc) is 2.02. The van der Waals surface area contributed by atoms with Gasteiger partial charge in [-0.3, -0.25) is 0 Å². The van der Waals surface area contributed by atoms with Gasteiger partial charge in [-0.05, 0) is 56.8 Å². The van der Waals surface area contributed by atoms with Crippen LogP contribution in [0.1, 0.15) is 46.0 Å². The maximum atomic E-state index is 2.43. The summed E-state index contributed by atoms with van der Waals surface area (Å²) in [6.07, 6.45) is 9.70. The lowest BCUT2D eigenvalue weighted by Crippen LogP contribution is -2.26. The SMILES string of the molecule is CC=C1CC2CC(C)CC(C1)C2. The second-order valence-electron chi connectivity index (χ2n) is 4.90. The Morgan fingerprint density at radius 2 is 1.67 bits per heavy atom. The van der Waals surface area contributed by atoms with Crippen LogP contribution in [0, 0.1) is 17.8 Å². The lowest BCUT2D eigenvalue weighted by atomic mass is 9.67. The monoisotopic (exact) mass is 164 g/mol. The topological polar surface area (TPSA) is 0 Å². The number of hydrogen-bond donors (Lipinski definition) is 0. The van der Waals surface area contributed by atoms with E-state index in [9.17, 15) is 0 Å². The molecule has 2 aliphatic rings. The van der Waals surface area contributed by atoms with Gasteiger partial charge in [0.15, 0.2) is 0 Å². The highest BCUT2D eigenvalue weighted by molar-refractivity contribution is 5.08. The molecule has 0 heteroatoms. The average molecular weight is 164 g/mol. The van der Waals surface area contributed by atoms with E-state index in [1.807, 2.05) is 0 Å². The molecule has 0 nitrogen and oxygen atoms in total. The van der Waals surface area contributed by atoms with Crippen LogP contribution in [-0.2, 0) is 0 Å². The molecule has 2 aliphatic carbocycles. The molecular weight excluding hydrogens is 144 g/mol.